The second-order valence-corrected chi connectivity index (χ2v) is 9.95. The number of aliphatic imine (C=N–C) groups is 2. The van der Waals surface area contributed by atoms with E-state index in [1.807, 2.05) is 68.4 Å². The van der Waals surface area contributed by atoms with Crippen molar-refractivity contribution in [1.82, 2.24) is 0 Å². The summed E-state index contributed by atoms with van der Waals surface area (Å²) in [6.07, 6.45) is 6.31. The van der Waals surface area contributed by atoms with Gasteiger partial charge in [0, 0.05) is 24.9 Å². The zero-order valence-electron chi connectivity index (χ0n) is 23.3. The van der Waals surface area contributed by atoms with E-state index in [9.17, 15) is 9.59 Å². The number of allylic oxidation sites excluding steroid dienone is 1. The largest absolute Gasteiger partial charge is 0.363 e. The maximum Gasteiger partial charge on any atom is 0.240 e. The molecule has 0 atom stereocenters. The lowest BCUT2D eigenvalue weighted by Crippen LogP contribution is -2.22. The van der Waals surface area contributed by atoms with Crippen LogP contribution in [0.15, 0.2) is 123 Å². The molecule has 0 fully saturated rings. The lowest BCUT2D eigenvalue weighted by molar-refractivity contribution is 0.527. The van der Waals surface area contributed by atoms with E-state index >= 15 is 0 Å². The van der Waals surface area contributed by atoms with Gasteiger partial charge < -0.3 is 4.90 Å². The minimum atomic E-state index is -0.563. The fraction of sp³-hybridized carbons (Fsp3) is 0.147. The molecule has 0 amide bonds. The van der Waals surface area contributed by atoms with Gasteiger partial charge in [0.15, 0.2) is 0 Å². The SMILES string of the molecule is CC(C)(N=Nc1ccc(/C=C/C#N)cc1)c1ccc(N(Cc2ccc(N=C=O)cc2)Cc2ccc(N=C=O)cc2)cc1. The number of carbonyl (C=O) groups excluding carboxylic acids is 2. The summed E-state index contributed by atoms with van der Waals surface area (Å²) in [5.41, 5.74) is 6.32. The van der Waals surface area contributed by atoms with Gasteiger partial charge in [0.25, 0.3) is 0 Å². The molecule has 0 radical (unpaired) electrons. The van der Waals surface area contributed by atoms with Crippen LogP contribution >= 0.6 is 0 Å². The zero-order chi connectivity index (χ0) is 29.8. The number of azo groups is 1. The normalized spacial score (nSPS) is 11.1. The Balaban J connectivity index is 1.55. The van der Waals surface area contributed by atoms with Crippen LogP contribution in [0.4, 0.5) is 22.7 Å². The van der Waals surface area contributed by atoms with Crippen molar-refractivity contribution in [3.8, 4) is 6.07 Å². The Kier molecular flexibility index (Phi) is 9.80. The number of isocyanates is 2. The fourth-order valence-electron chi connectivity index (χ4n) is 4.24. The summed E-state index contributed by atoms with van der Waals surface area (Å²) in [5.74, 6) is 0. The number of hydrogen-bond donors (Lipinski definition) is 0. The summed E-state index contributed by atoms with van der Waals surface area (Å²) in [6, 6.07) is 32.7. The molecule has 0 spiro atoms. The number of nitriles is 1. The van der Waals surface area contributed by atoms with Crippen LogP contribution in [0.1, 0.15) is 36.1 Å². The minimum absolute atomic E-state index is 0.555. The molecule has 8 nitrogen and oxygen atoms in total. The van der Waals surface area contributed by atoms with Crippen LogP contribution in [-0.2, 0) is 28.2 Å². The molecule has 0 aliphatic rings. The van der Waals surface area contributed by atoms with E-state index in [4.69, 9.17) is 5.26 Å². The molecule has 0 aliphatic heterocycles. The van der Waals surface area contributed by atoms with Gasteiger partial charge in [0.05, 0.1) is 23.1 Å². The summed E-state index contributed by atoms with van der Waals surface area (Å²) in [6.45, 7) is 5.25. The molecule has 4 rings (SSSR count). The van der Waals surface area contributed by atoms with Crippen molar-refractivity contribution >= 4 is 41.0 Å². The number of hydrogen-bond acceptors (Lipinski definition) is 8. The van der Waals surface area contributed by atoms with Gasteiger partial charge in [-0.3, -0.25) is 0 Å². The number of rotatable bonds is 11. The van der Waals surface area contributed by atoms with E-state index in [1.165, 1.54) is 6.08 Å². The van der Waals surface area contributed by atoms with Crippen molar-refractivity contribution in [1.29, 1.82) is 5.26 Å². The van der Waals surface area contributed by atoms with Gasteiger partial charge in [-0.2, -0.15) is 25.5 Å². The third kappa shape index (κ3) is 8.14. The van der Waals surface area contributed by atoms with E-state index in [1.54, 1.807) is 42.5 Å². The first-order chi connectivity index (χ1) is 20.4. The molecule has 0 aromatic heterocycles. The van der Waals surface area contributed by atoms with Gasteiger partial charge in [-0.1, -0.05) is 48.5 Å². The van der Waals surface area contributed by atoms with Crippen molar-refractivity contribution < 1.29 is 9.59 Å². The van der Waals surface area contributed by atoms with E-state index in [2.05, 4.69) is 49.4 Å². The highest BCUT2D eigenvalue weighted by Gasteiger charge is 2.20. The Bertz CT molecular complexity index is 1620. The molecular weight excluding hydrogens is 524 g/mol. The maximum absolute atomic E-state index is 10.6. The molecule has 0 N–H and O–H groups in total. The zero-order valence-corrected chi connectivity index (χ0v) is 23.3. The van der Waals surface area contributed by atoms with Gasteiger partial charge in [-0.25, -0.2) is 9.59 Å². The lowest BCUT2D eigenvalue weighted by atomic mass is 9.95. The molecule has 0 heterocycles. The van der Waals surface area contributed by atoms with Gasteiger partial charge in [0.2, 0.25) is 12.2 Å². The molecule has 0 aliphatic carbocycles. The van der Waals surface area contributed by atoms with Crippen LogP contribution < -0.4 is 4.90 Å². The number of anilines is 1. The molecular formula is C34H28N6O2. The second kappa shape index (κ2) is 14.1. The quantitative estimate of drug-likeness (QED) is 0.0805. The third-order valence-electron chi connectivity index (χ3n) is 6.57. The average molecular weight is 553 g/mol. The smallest absolute Gasteiger partial charge is 0.240 e. The highest BCUT2D eigenvalue weighted by atomic mass is 16.1. The first-order valence-electron chi connectivity index (χ1n) is 13.2. The summed E-state index contributed by atoms with van der Waals surface area (Å²) in [7, 11) is 0. The van der Waals surface area contributed by atoms with E-state index in [-0.39, 0.29) is 0 Å². The monoisotopic (exact) mass is 552 g/mol. The van der Waals surface area contributed by atoms with Crippen LogP contribution in [0.25, 0.3) is 6.08 Å². The van der Waals surface area contributed by atoms with Crippen molar-refractivity contribution in [2.24, 2.45) is 20.2 Å². The van der Waals surface area contributed by atoms with Crippen LogP contribution in [0.2, 0.25) is 0 Å². The molecule has 4 aromatic rings. The second-order valence-electron chi connectivity index (χ2n) is 9.95. The molecule has 206 valence electrons. The van der Waals surface area contributed by atoms with Crippen molar-refractivity contribution in [3.63, 3.8) is 0 Å². The van der Waals surface area contributed by atoms with Crippen molar-refractivity contribution in [3.05, 3.63) is 125 Å². The number of nitrogens with zero attached hydrogens (tertiary/aromatic N) is 6. The predicted octanol–water partition coefficient (Wildman–Crippen LogP) is 8.38. The Morgan fingerprint density at radius 1 is 0.714 bits per heavy atom. The molecule has 8 heteroatoms. The predicted molar refractivity (Wildman–Crippen MR) is 163 cm³/mol. The minimum Gasteiger partial charge on any atom is -0.363 e. The van der Waals surface area contributed by atoms with Gasteiger partial charge in [0.1, 0.15) is 5.54 Å². The summed E-state index contributed by atoms with van der Waals surface area (Å²) in [5, 5.41) is 17.8. The van der Waals surface area contributed by atoms with E-state index in [0.29, 0.717) is 24.5 Å². The third-order valence-corrected chi connectivity index (χ3v) is 6.57. The first kappa shape index (κ1) is 29.3. The Hall–Kier alpha value is -5.73. The van der Waals surface area contributed by atoms with Crippen LogP contribution in [0.3, 0.4) is 0 Å². The standard InChI is InChI=1S/C34H28N6O2/c1-34(2,39-38-32-17-5-26(6-18-32)4-3-21-35)29-11-19-33(20-12-29)40(22-27-7-13-30(14-8-27)36-24-41)23-28-9-15-31(16-10-28)37-25-42/h3-20H,22-23H2,1-2H3/b4-3+,39-38?. The van der Waals surface area contributed by atoms with Gasteiger partial charge in [-0.05, 0) is 90.7 Å². The molecule has 0 unspecified atom stereocenters. The topological polar surface area (TPSA) is 111 Å². The van der Waals surface area contributed by atoms with Crippen LogP contribution in [0.5, 0.6) is 0 Å². The summed E-state index contributed by atoms with van der Waals surface area (Å²) < 4.78 is 0. The first-order valence-corrected chi connectivity index (χ1v) is 13.2. The summed E-state index contributed by atoms with van der Waals surface area (Å²) >= 11 is 0. The van der Waals surface area contributed by atoms with Crippen LogP contribution in [0, 0.1) is 11.3 Å². The highest BCUT2D eigenvalue weighted by molar-refractivity contribution is 5.55. The Labute approximate surface area is 244 Å². The lowest BCUT2D eigenvalue weighted by Gasteiger charge is -2.27. The van der Waals surface area contributed by atoms with Crippen molar-refractivity contribution in [2.45, 2.75) is 32.5 Å². The maximum atomic E-state index is 10.6. The molecule has 4 aromatic carbocycles. The summed E-state index contributed by atoms with van der Waals surface area (Å²) in [4.78, 5) is 30.8. The Morgan fingerprint density at radius 2 is 1.21 bits per heavy atom. The van der Waals surface area contributed by atoms with Gasteiger partial charge >= 0.3 is 0 Å². The van der Waals surface area contributed by atoms with E-state index in [0.717, 1.165) is 33.6 Å². The molecule has 0 saturated heterocycles. The Morgan fingerprint density at radius 3 is 1.69 bits per heavy atom. The highest BCUT2D eigenvalue weighted by Crippen LogP contribution is 2.30. The van der Waals surface area contributed by atoms with Gasteiger partial charge in [-0.15, -0.1) is 0 Å². The molecule has 42 heavy (non-hydrogen) atoms. The van der Waals surface area contributed by atoms with Crippen molar-refractivity contribution in [2.75, 3.05) is 4.90 Å². The molecule has 0 saturated carbocycles. The van der Waals surface area contributed by atoms with E-state index < -0.39 is 5.54 Å². The average Bonchev–Trinajstić information content (AvgIpc) is 3.01. The number of benzene rings is 4. The van der Waals surface area contributed by atoms with Crippen LogP contribution in [-0.4, -0.2) is 12.2 Å². The molecule has 0 bridgehead atoms. The fourth-order valence-corrected chi connectivity index (χ4v) is 4.24.